The van der Waals surface area contributed by atoms with E-state index >= 15 is 0 Å². The number of methoxy groups -OCH3 is 3. The highest BCUT2D eigenvalue weighted by Crippen LogP contribution is 2.31. The third-order valence-corrected chi connectivity index (χ3v) is 6.11. The molecule has 178 valence electrons. The molecule has 1 saturated heterocycles. The van der Waals surface area contributed by atoms with E-state index in [0.29, 0.717) is 11.4 Å². The summed E-state index contributed by atoms with van der Waals surface area (Å²) in [6.45, 7) is 0. The van der Waals surface area contributed by atoms with Crippen LogP contribution in [0.5, 0.6) is 5.75 Å². The van der Waals surface area contributed by atoms with Gasteiger partial charge in [0.25, 0.3) is 0 Å². The van der Waals surface area contributed by atoms with Crippen LogP contribution in [-0.2, 0) is 23.9 Å². The molecule has 0 aliphatic carbocycles. The molecule has 3 amide bonds. The average Bonchev–Trinajstić information content (AvgIpc) is 3.14. The molecule has 1 aliphatic rings. The Morgan fingerprint density at radius 3 is 2.09 bits per heavy atom. The summed E-state index contributed by atoms with van der Waals surface area (Å²) in [5.74, 6) is -2.30. The molecule has 0 radical (unpaired) electrons. The Morgan fingerprint density at radius 1 is 0.971 bits per heavy atom. The van der Waals surface area contributed by atoms with Gasteiger partial charge in [0, 0.05) is 12.1 Å². The number of carbonyl (C=O) groups is 5. The Kier molecular flexibility index (Phi) is 7.90. The number of esters is 2. The number of rotatable bonds is 8. The molecule has 11 heteroatoms. The van der Waals surface area contributed by atoms with Crippen molar-refractivity contribution >= 4 is 52.8 Å². The van der Waals surface area contributed by atoms with E-state index in [1.807, 2.05) is 0 Å². The molecule has 1 unspecified atom stereocenters. The first-order chi connectivity index (χ1) is 16.3. The minimum atomic E-state index is -0.794. The molecular formula is C23H22N2O8S. The highest BCUT2D eigenvalue weighted by atomic mass is 32.2. The molecule has 0 aromatic heterocycles. The summed E-state index contributed by atoms with van der Waals surface area (Å²) in [5, 5.41) is 1.92. The summed E-state index contributed by atoms with van der Waals surface area (Å²) in [7, 11) is 3.88. The molecular weight excluding hydrogens is 464 g/mol. The Labute approximate surface area is 199 Å². The Balaban J connectivity index is 1.72. The van der Waals surface area contributed by atoms with Crippen LogP contribution in [0, 0.1) is 0 Å². The normalized spacial score (nSPS) is 15.1. The van der Waals surface area contributed by atoms with Crippen LogP contribution in [0.4, 0.5) is 11.4 Å². The maximum absolute atomic E-state index is 13.0. The van der Waals surface area contributed by atoms with Crippen LogP contribution < -0.4 is 15.0 Å². The zero-order valence-electron chi connectivity index (χ0n) is 18.7. The summed E-state index contributed by atoms with van der Waals surface area (Å²) in [4.78, 5) is 62.8. The summed E-state index contributed by atoms with van der Waals surface area (Å²) in [6, 6.07) is 10.6. The molecule has 0 bridgehead atoms. The van der Waals surface area contributed by atoms with E-state index in [1.54, 1.807) is 24.3 Å². The van der Waals surface area contributed by atoms with E-state index in [-0.39, 0.29) is 34.9 Å². The second-order valence-corrected chi connectivity index (χ2v) is 8.29. The third kappa shape index (κ3) is 5.54. The number of nitrogens with zero attached hydrogens (tertiary/aromatic N) is 1. The Morgan fingerprint density at radius 2 is 1.56 bits per heavy atom. The predicted molar refractivity (Wildman–Crippen MR) is 124 cm³/mol. The maximum Gasteiger partial charge on any atom is 0.337 e. The van der Waals surface area contributed by atoms with Gasteiger partial charge in [-0.25, -0.2) is 14.5 Å². The summed E-state index contributed by atoms with van der Waals surface area (Å²) in [6.07, 6.45) is -0.130. The summed E-state index contributed by atoms with van der Waals surface area (Å²) in [5.41, 5.74) is 0.577. The van der Waals surface area contributed by atoms with Crippen molar-refractivity contribution in [2.24, 2.45) is 0 Å². The number of amides is 3. The number of anilines is 2. The van der Waals surface area contributed by atoms with Crippen LogP contribution in [0.25, 0.3) is 0 Å². The van der Waals surface area contributed by atoms with Gasteiger partial charge in [-0.05, 0) is 42.5 Å². The van der Waals surface area contributed by atoms with Gasteiger partial charge < -0.3 is 19.5 Å². The number of ether oxygens (including phenoxy) is 3. The maximum atomic E-state index is 13.0. The van der Waals surface area contributed by atoms with Crippen LogP contribution in [0.2, 0.25) is 0 Å². The van der Waals surface area contributed by atoms with Gasteiger partial charge in [-0.2, -0.15) is 0 Å². The van der Waals surface area contributed by atoms with Crippen molar-refractivity contribution in [3.63, 3.8) is 0 Å². The number of hydrogen-bond donors (Lipinski definition) is 1. The van der Waals surface area contributed by atoms with Gasteiger partial charge in [0.1, 0.15) is 5.75 Å². The molecule has 2 aromatic carbocycles. The van der Waals surface area contributed by atoms with Gasteiger partial charge in [-0.1, -0.05) is 0 Å². The topological polar surface area (TPSA) is 128 Å². The number of hydrogen-bond acceptors (Lipinski definition) is 9. The zero-order chi connectivity index (χ0) is 24.8. The van der Waals surface area contributed by atoms with Gasteiger partial charge in [-0.3, -0.25) is 14.4 Å². The molecule has 1 N–H and O–H groups in total. The minimum Gasteiger partial charge on any atom is -0.497 e. The second kappa shape index (κ2) is 10.8. The van der Waals surface area contributed by atoms with Crippen molar-refractivity contribution in [1.29, 1.82) is 0 Å². The number of thioether (sulfide) groups is 1. The first-order valence-electron chi connectivity index (χ1n) is 10.0. The monoisotopic (exact) mass is 486 g/mol. The van der Waals surface area contributed by atoms with E-state index in [0.717, 1.165) is 16.7 Å². The lowest BCUT2D eigenvalue weighted by Gasteiger charge is -2.17. The highest BCUT2D eigenvalue weighted by molar-refractivity contribution is 8.01. The standard InChI is InChI=1S/C23H22N2O8S/c1-31-17-6-4-15(5-7-17)24-19(26)12-34-18-11-20(27)25(21(18)28)16-9-13(22(29)32-2)8-14(10-16)23(30)33-3/h4-10,18H,11-12H2,1-3H3,(H,24,26). The van der Waals surface area contributed by atoms with E-state index in [1.165, 1.54) is 39.5 Å². The quantitative estimate of drug-likeness (QED) is 0.441. The molecule has 1 fully saturated rings. The number of imide groups is 1. The van der Waals surface area contributed by atoms with Crippen LogP contribution in [0.1, 0.15) is 27.1 Å². The van der Waals surface area contributed by atoms with E-state index in [4.69, 9.17) is 4.74 Å². The molecule has 1 heterocycles. The van der Waals surface area contributed by atoms with E-state index in [2.05, 4.69) is 14.8 Å². The number of nitrogens with one attached hydrogen (secondary N) is 1. The van der Waals surface area contributed by atoms with E-state index in [9.17, 15) is 24.0 Å². The first-order valence-corrected chi connectivity index (χ1v) is 11.1. The third-order valence-electron chi connectivity index (χ3n) is 4.91. The van der Waals surface area contributed by atoms with Crippen LogP contribution in [0.3, 0.4) is 0 Å². The Hall–Kier alpha value is -3.86. The van der Waals surface area contributed by atoms with Crippen LogP contribution in [0.15, 0.2) is 42.5 Å². The van der Waals surface area contributed by atoms with Gasteiger partial charge in [0.05, 0.1) is 49.1 Å². The molecule has 1 atom stereocenters. The van der Waals surface area contributed by atoms with Crippen molar-refractivity contribution in [2.45, 2.75) is 11.7 Å². The summed E-state index contributed by atoms with van der Waals surface area (Å²) >= 11 is 1.03. The zero-order valence-corrected chi connectivity index (χ0v) is 19.5. The predicted octanol–water partition coefficient (Wildman–Crippen LogP) is 2.27. The fourth-order valence-electron chi connectivity index (χ4n) is 3.26. The fourth-order valence-corrected chi connectivity index (χ4v) is 4.20. The van der Waals surface area contributed by atoms with Crippen molar-refractivity contribution in [1.82, 2.24) is 0 Å². The van der Waals surface area contributed by atoms with Crippen molar-refractivity contribution < 1.29 is 38.2 Å². The molecule has 3 rings (SSSR count). The number of carbonyl (C=O) groups excluding carboxylic acids is 5. The van der Waals surface area contributed by atoms with E-state index < -0.39 is 29.0 Å². The van der Waals surface area contributed by atoms with Gasteiger partial charge in [0.2, 0.25) is 17.7 Å². The minimum absolute atomic E-state index is 0.0176. The molecule has 2 aromatic rings. The number of benzene rings is 2. The molecule has 1 aliphatic heterocycles. The van der Waals surface area contributed by atoms with Crippen molar-refractivity contribution in [3.05, 3.63) is 53.6 Å². The smallest absolute Gasteiger partial charge is 0.337 e. The average molecular weight is 487 g/mol. The molecule has 0 spiro atoms. The van der Waals surface area contributed by atoms with Crippen LogP contribution >= 0.6 is 11.8 Å². The van der Waals surface area contributed by atoms with Gasteiger partial charge in [0.15, 0.2) is 0 Å². The largest absolute Gasteiger partial charge is 0.497 e. The van der Waals surface area contributed by atoms with Crippen molar-refractivity contribution in [3.8, 4) is 5.75 Å². The van der Waals surface area contributed by atoms with Crippen LogP contribution in [-0.4, -0.2) is 62.0 Å². The molecule has 0 saturated carbocycles. The highest BCUT2D eigenvalue weighted by Gasteiger charge is 2.40. The lowest BCUT2D eigenvalue weighted by atomic mass is 10.1. The lowest BCUT2D eigenvalue weighted by Crippen LogP contribution is -2.32. The van der Waals surface area contributed by atoms with Crippen molar-refractivity contribution in [2.75, 3.05) is 37.3 Å². The van der Waals surface area contributed by atoms with Gasteiger partial charge >= 0.3 is 11.9 Å². The molecule has 10 nitrogen and oxygen atoms in total. The lowest BCUT2D eigenvalue weighted by molar-refractivity contribution is -0.121. The fraction of sp³-hybridized carbons (Fsp3) is 0.261. The summed E-state index contributed by atoms with van der Waals surface area (Å²) < 4.78 is 14.4. The van der Waals surface area contributed by atoms with Gasteiger partial charge in [-0.15, -0.1) is 11.8 Å². The molecule has 34 heavy (non-hydrogen) atoms. The second-order valence-electron chi connectivity index (χ2n) is 7.10. The SMILES string of the molecule is COC(=O)c1cc(C(=O)OC)cc(N2C(=O)CC(SCC(=O)Nc3ccc(OC)cc3)C2=O)c1. The Bertz CT molecular complexity index is 1100. The first kappa shape index (κ1) is 24.8.